The van der Waals surface area contributed by atoms with E-state index in [1.165, 1.54) is 17.2 Å². The van der Waals surface area contributed by atoms with Gasteiger partial charge in [-0.3, -0.25) is 0 Å². The standard InChI is InChI=1S/C17H18ClF/c1-12-4-3-5-15(8-12)16(11-18)10-14-6-7-17(19)9-13(14)2/h3-9,16H,10-11H2,1-2H3. The normalized spacial score (nSPS) is 12.4. The first-order chi connectivity index (χ1) is 9.10. The molecule has 2 aromatic carbocycles. The third-order valence-corrected chi connectivity index (χ3v) is 3.84. The Morgan fingerprint density at radius 1 is 1.11 bits per heavy atom. The van der Waals surface area contributed by atoms with E-state index in [0.29, 0.717) is 5.88 Å². The summed E-state index contributed by atoms with van der Waals surface area (Å²) >= 11 is 6.11. The van der Waals surface area contributed by atoms with Crippen LogP contribution in [0.4, 0.5) is 4.39 Å². The van der Waals surface area contributed by atoms with Crippen LogP contribution in [0, 0.1) is 19.7 Å². The predicted molar refractivity (Wildman–Crippen MR) is 79.5 cm³/mol. The van der Waals surface area contributed by atoms with Gasteiger partial charge >= 0.3 is 0 Å². The summed E-state index contributed by atoms with van der Waals surface area (Å²) < 4.78 is 13.1. The molecule has 0 N–H and O–H groups in total. The van der Waals surface area contributed by atoms with Crippen LogP contribution in [-0.2, 0) is 6.42 Å². The summed E-state index contributed by atoms with van der Waals surface area (Å²) in [5, 5.41) is 0. The summed E-state index contributed by atoms with van der Waals surface area (Å²) in [4.78, 5) is 0. The van der Waals surface area contributed by atoms with Gasteiger partial charge in [0.2, 0.25) is 0 Å². The van der Waals surface area contributed by atoms with Crippen LogP contribution in [-0.4, -0.2) is 5.88 Å². The van der Waals surface area contributed by atoms with Crippen LogP contribution in [0.25, 0.3) is 0 Å². The lowest BCUT2D eigenvalue weighted by molar-refractivity contribution is 0.624. The molecule has 0 radical (unpaired) electrons. The summed E-state index contributed by atoms with van der Waals surface area (Å²) in [6.07, 6.45) is 0.846. The maximum absolute atomic E-state index is 13.1. The average molecular weight is 277 g/mol. The van der Waals surface area contributed by atoms with Gasteiger partial charge in [-0.1, -0.05) is 35.9 Å². The quantitative estimate of drug-likeness (QED) is 0.689. The van der Waals surface area contributed by atoms with Gasteiger partial charge in [0.05, 0.1) is 0 Å². The maximum atomic E-state index is 13.1. The fourth-order valence-corrected chi connectivity index (χ4v) is 2.63. The molecular weight excluding hydrogens is 259 g/mol. The van der Waals surface area contributed by atoms with E-state index in [-0.39, 0.29) is 11.7 Å². The van der Waals surface area contributed by atoms with Crippen molar-refractivity contribution in [3.8, 4) is 0 Å². The average Bonchev–Trinajstić information content (AvgIpc) is 2.38. The van der Waals surface area contributed by atoms with Crippen LogP contribution in [0.2, 0.25) is 0 Å². The van der Waals surface area contributed by atoms with E-state index in [1.54, 1.807) is 6.07 Å². The van der Waals surface area contributed by atoms with Crippen LogP contribution in [0.5, 0.6) is 0 Å². The van der Waals surface area contributed by atoms with E-state index in [1.807, 2.05) is 13.0 Å². The summed E-state index contributed by atoms with van der Waals surface area (Å²) in [7, 11) is 0. The second-order valence-corrected chi connectivity index (χ2v) is 5.35. The van der Waals surface area contributed by atoms with Gasteiger partial charge in [-0.05, 0) is 49.1 Å². The minimum Gasteiger partial charge on any atom is -0.207 e. The molecule has 2 rings (SSSR count). The van der Waals surface area contributed by atoms with E-state index < -0.39 is 0 Å². The molecule has 0 aliphatic carbocycles. The van der Waals surface area contributed by atoms with Crippen molar-refractivity contribution >= 4 is 11.6 Å². The molecule has 2 heteroatoms. The van der Waals surface area contributed by atoms with Crippen molar-refractivity contribution in [3.05, 3.63) is 70.5 Å². The SMILES string of the molecule is Cc1cccc(C(CCl)Cc2ccc(F)cc2C)c1. The Bertz CT molecular complexity index is 563. The van der Waals surface area contributed by atoms with E-state index >= 15 is 0 Å². The van der Waals surface area contributed by atoms with Crippen LogP contribution in [0.3, 0.4) is 0 Å². The van der Waals surface area contributed by atoms with Gasteiger partial charge in [-0.25, -0.2) is 4.39 Å². The third-order valence-electron chi connectivity index (χ3n) is 3.47. The van der Waals surface area contributed by atoms with Crippen LogP contribution < -0.4 is 0 Å². The summed E-state index contributed by atoms with van der Waals surface area (Å²) in [6, 6.07) is 13.4. The Balaban J connectivity index is 2.24. The Hall–Kier alpha value is -1.34. The largest absolute Gasteiger partial charge is 0.207 e. The lowest BCUT2D eigenvalue weighted by atomic mass is 9.91. The first-order valence-corrected chi connectivity index (χ1v) is 7.01. The molecule has 1 unspecified atom stereocenters. The molecule has 0 aromatic heterocycles. The lowest BCUT2D eigenvalue weighted by Gasteiger charge is -2.16. The van der Waals surface area contributed by atoms with Crippen molar-refractivity contribution in [3.63, 3.8) is 0 Å². The molecule has 0 fully saturated rings. The topological polar surface area (TPSA) is 0 Å². The highest BCUT2D eigenvalue weighted by molar-refractivity contribution is 6.18. The fourth-order valence-electron chi connectivity index (χ4n) is 2.34. The molecule has 1 atom stereocenters. The molecule has 0 saturated heterocycles. The van der Waals surface area contributed by atoms with Gasteiger partial charge in [0.15, 0.2) is 0 Å². The Kier molecular flexibility index (Phi) is 4.60. The first kappa shape index (κ1) is 14.1. The number of alkyl halides is 1. The van der Waals surface area contributed by atoms with Crippen molar-refractivity contribution in [1.29, 1.82) is 0 Å². The molecule has 100 valence electrons. The van der Waals surface area contributed by atoms with E-state index in [0.717, 1.165) is 17.5 Å². The van der Waals surface area contributed by atoms with Crippen molar-refractivity contribution < 1.29 is 4.39 Å². The monoisotopic (exact) mass is 276 g/mol. The van der Waals surface area contributed by atoms with Gasteiger partial charge in [0, 0.05) is 11.8 Å². The smallest absolute Gasteiger partial charge is 0.123 e. The van der Waals surface area contributed by atoms with Crippen LogP contribution >= 0.6 is 11.6 Å². The van der Waals surface area contributed by atoms with Gasteiger partial charge in [0.25, 0.3) is 0 Å². The van der Waals surface area contributed by atoms with Gasteiger partial charge in [-0.2, -0.15) is 0 Å². The van der Waals surface area contributed by atoms with Gasteiger partial charge in [0.1, 0.15) is 5.82 Å². The van der Waals surface area contributed by atoms with E-state index in [4.69, 9.17) is 11.6 Å². The number of hydrogen-bond acceptors (Lipinski definition) is 0. The molecule has 0 nitrogen and oxygen atoms in total. The Labute approximate surface area is 119 Å². The van der Waals surface area contributed by atoms with Crippen molar-refractivity contribution in [2.75, 3.05) is 5.88 Å². The number of aryl methyl sites for hydroxylation is 2. The summed E-state index contributed by atoms with van der Waals surface area (Å²) in [5.74, 6) is 0.658. The van der Waals surface area contributed by atoms with Gasteiger partial charge < -0.3 is 0 Å². The molecule has 0 aliphatic rings. The summed E-state index contributed by atoms with van der Waals surface area (Å²) in [6.45, 7) is 4.03. The highest BCUT2D eigenvalue weighted by Crippen LogP contribution is 2.25. The van der Waals surface area contributed by atoms with E-state index in [9.17, 15) is 4.39 Å². The van der Waals surface area contributed by atoms with Crippen molar-refractivity contribution in [1.82, 2.24) is 0 Å². The van der Waals surface area contributed by atoms with Crippen LogP contribution in [0.1, 0.15) is 28.2 Å². The fraction of sp³-hybridized carbons (Fsp3) is 0.294. The molecule has 0 aliphatic heterocycles. The molecule has 0 bridgehead atoms. The Morgan fingerprint density at radius 3 is 2.53 bits per heavy atom. The Morgan fingerprint density at radius 2 is 1.89 bits per heavy atom. The first-order valence-electron chi connectivity index (χ1n) is 6.47. The number of hydrogen-bond donors (Lipinski definition) is 0. The molecular formula is C17H18ClF. The predicted octanol–water partition coefficient (Wildman–Crippen LogP) is 5.01. The second kappa shape index (κ2) is 6.21. The number of benzene rings is 2. The number of halogens is 2. The minimum atomic E-state index is -0.181. The molecule has 0 saturated carbocycles. The van der Waals surface area contributed by atoms with Gasteiger partial charge in [-0.15, -0.1) is 11.6 Å². The van der Waals surface area contributed by atoms with Crippen LogP contribution in [0.15, 0.2) is 42.5 Å². The highest BCUT2D eigenvalue weighted by Gasteiger charge is 2.13. The van der Waals surface area contributed by atoms with Crippen molar-refractivity contribution in [2.45, 2.75) is 26.2 Å². The molecule has 2 aromatic rings. The summed E-state index contributed by atoms with van der Waals surface area (Å²) in [5.41, 5.74) is 4.64. The highest BCUT2D eigenvalue weighted by atomic mass is 35.5. The number of rotatable bonds is 4. The zero-order chi connectivity index (χ0) is 13.8. The third kappa shape index (κ3) is 3.57. The minimum absolute atomic E-state index is 0.181. The zero-order valence-corrected chi connectivity index (χ0v) is 12.0. The molecule has 0 amide bonds. The lowest BCUT2D eigenvalue weighted by Crippen LogP contribution is -2.06. The van der Waals surface area contributed by atoms with E-state index in [2.05, 4.69) is 31.2 Å². The molecule has 0 heterocycles. The van der Waals surface area contributed by atoms with Crippen molar-refractivity contribution in [2.24, 2.45) is 0 Å². The second-order valence-electron chi connectivity index (χ2n) is 5.04. The maximum Gasteiger partial charge on any atom is 0.123 e. The molecule has 19 heavy (non-hydrogen) atoms. The zero-order valence-electron chi connectivity index (χ0n) is 11.3. The molecule has 0 spiro atoms.